The first-order valence-electron chi connectivity index (χ1n) is 7.80. The number of nitrogens with zero attached hydrogens (tertiary/aromatic N) is 2. The van der Waals surface area contributed by atoms with Crippen molar-refractivity contribution in [3.8, 4) is 5.75 Å². The maximum Gasteiger partial charge on any atom is 0.271 e. The lowest BCUT2D eigenvalue weighted by Crippen LogP contribution is -2.19. The summed E-state index contributed by atoms with van der Waals surface area (Å²) in [6.07, 6.45) is 3.86. The quantitative estimate of drug-likeness (QED) is 0.622. The Morgan fingerprint density at radius 2 is 1.88 bits per heavy atom. The first-order chi connectivity index (χ1) is 11.6. The number of phenolic OH excluding ortho intramolecular Hbond substituents is 1. The fourth-order valence-electron chi connectivity index (χ4n) is 2.65. The van der Waals surface area contributed by atoms with Crippen molar-refractivity contribution < 1.29 is 9.90 Å². The Kier molecular flexibility index (Phi) is 5.15. The number of phenols is 1. The molecule has 2 aromatic rings. The normalized spacial score (nSPS) is 14.3. The molecular weight excluding hydrogens is 370 g/mol. The number of hydrazone groups is 1. The molecule has 0 radical (unpaired) electrons. The highest BCUT2D eigenvalue weighted by molar-refractivity contribution is 9.10. The predicted octanol–water partition coefficient (Wildman–Crippen LogP) is 3.52. The molecular formula is C18H18BrN3O2. The van der Waals surface area contributed by atoms with E-state index in [9.17, 15) is 9.90 Å². The first kappa shape index (κ1) is 16.5. The molecule has 1 aliphatic rings. The molecule has 0 spiro atoms. The van der Waals surface area contributed by atoms with E-state index in [4.69, 9.17) is 0 Å². The van der Waals surface area contributed by atoms with Crippen molar-refractivity contribution >= 4 is 33.7 Å². The molecule has 0 aliphatic carbocycles. The van der Waals surface area contributed by atoms with Crippen molar-refractivity contribution in [3.63, 3.8) is 0 Å². The number of halogens is 1. The molecule has 6 heteroatoms. The zero-order chi connectivity index (χ0) is 16.9. The second kappa shape index (κ2) is 7.49. The minimum Gasteiger partial charge on any atom is -0.507 e. The van der Waals surface area contributed by atoms with Gasteiger partial charge in [-0.15, -0.1) is 0 Å². The molecule has 5 nitrogen and oxygen atoms in total. The summed E-state index contributed by atoms with van der Waals surface area (Å²) in [6.45, 7) is 2.15. The van der Waals surface area contributed by atoms with Crippen LogP contribution in [0.25, 0.3) is 0 Å². The van der Waals surface area contributed by atoms with Gasteiger partial charge in [0.15, 0.2) is 0 Å². The van der Waals surface area contributed by atoms with E-state index in [-0.39, 0.29) is 11.7 Å². The summed E-state index contributed by atoms with van der Waals surface area (Å²) in [7, 11) is 0. The fourth-order valence-corrected chi connectivity index (χ4v) is 3.03. The molecule has 2 N–H and O–H groups in total. The van der Waals surface area contributed by atoms with E-state index in [0.29, 0.717) is 11.1 Å². The van der Waals surface area contributed by atoms with Gasteiger partial charge in [0.05, 0.1) is 6.21 Å². The summed E-state index contributed by atoms with van der Waals surface area (Å²) in [6, 6.07) is 12.5. The Labute approximate surface area is 149 Å². The minimum atomic E-state index is -0.284. The average molecular weight is 388 g/mol. The number of anilines is 1. The third-order valence-electron chi connectivity index (χ3n) is 3.96. The van der Waals surface area contributed by atoms with E-state index < -0.39 is 0 Å². The SMILES string of the molecule is O=C(N/N=C\c1cc(Br)ccc1O)c1ccc(N2CCCC2)cc1. The van der Waals surface area contributed by atoms with Crippen molar-refractivity contribution in [1.82, 2.24) is 5.43 Å². The van der Waals surface area contributed by atoms with E-state index in [1.807, 2.05) is 12.1 Å². The molecule has 1 saturated heterocycles. The van der Waals surface area contributed by atoms with Gasteiger partial charge >= 0.3 is 0 Å². The number of carbonyl (C=O) groups is 1. The summed E-state index contributed by atoms with van der Waals surface area (Å²) in [4.78, 5) is 14.4. The van der Waals surface area contributed by atoms with Crippen molar-refractivity contribution in [2.24, 2.45) is 5.10 Å². The number of hydrogen-bond acceptors (Lipinski definition) is 4. The van der Waals surface area contributed by atoms with E-state index >= 15 is 0 Å². The van der Waals surface area contributed by atoms with Crippen molar-refractivity contribution in [3.05, 3.63) is 58.1 Å². The van der Waals surface area contributed by atoms with Gasteiger partial charge in [0.1, 0.15) is 5.75 Å². The second-order valence-corrected chi connectivity index (χ2v) is 6.56. The zero-order valence-corrected chi connectivity index (χ0v) is 14.7. The van der Waals surface area contributed by atoms with Gasteiger partial charge in [0.2, 0.25) is 0 Å². The number of hydrogen-bond donors (Lipinski definition) is 2. The number of nitrogens with one attached hydrogen (secondary N) is 1. The Bertz CT molecular complexity index is 753. The number of benzene rings is 2. The van der Waals surface area contributed by atoms with Gasteiger partial charge < -0.3 is 10.0 Å². The lowest BCUT2D eigenvalue weighted by molar-refractivity contribution is 0.0955. The standard InChI is InChI=1S/C18H18BrN3O2/c19-15-5-8-17(23)14(11-15)12-20-21-18(24)13-3-6-16(7-4-13)22-9-1-2-10-22/h3-8,11-12,23H,1-2,9-10H2,(H,21,24)/b20-12-. The molecule has 3 rings (SSSR count). The average Bonchev–Trinajstić information content (AvgIpc) is 3.12. The van der Waals surface area contributed by atoms with Crippen LogP contribution in [0.2, 0.25) is 0 Å². The number of rotatable bonds is 4. The van der Waals surface area contributed by atoms with Crippen LogP contribution >= 0.6 is 15.9 Å². The minimum absolute atomic E-state index is 0.103. The smallest absolute Gasteiger partial charge is 0.271 e. The number of carbonyl (C=O) groups excluding carboxylic acids is 1. The summed E-state index contributed by atoms with van der Waals surface area (Å²) in [5.74, 6) is -0.181. The van der Waals surface area contributed by atoms with Crippen molar-refractivity contribution in [1.29, 1.82) is 0 Å². The van der Waals surface area contributed by atoms with E-state index in [0.717, 1.165) is 23.2 Å². The van der Waals surface area contributed by atoms with E-state index in [1.54, 1.807) is 30.3 Å². The lowest BCUT2D eigenvalue weighted by Gasteiger charge is -2.17. The molecule has 124 valence electrons. The predicted molar refractivity (Wildman–Crippen MR) is 98.8 cm³/mol. The first-order valence-corrected chi connectivity index (χ1v) is 8.60. The van der Waals surface area contributed by atoms with Gasteiger partial charge in [0, 0.05) is 34.4 Å². The second-order valence-electron chi connectivity index (χ2n) is 5.64. The van der Waals surface area contributed by atoms with E-state index in [2.05, 4.69) is 31.4 Å². The molecule has 0 unspecified atom stereocenters. The Hall–Kier alpha value is -2.34. The maximum atomic E-state index is 12.1. The molecule has 1 fully saturated rings. The van der Waals surface area contributed by atoms with Crippen LogP contribution in [0.4, 0.5) is 5.69 Å². The molecule has 1 aliphatic heterocycles. The third-order valence-corrected chi connectivity index (χ3v) is 4.45. The Morgan fingerprint density at radius 3 is 2.58 bits per heavy atom. The lowest BCUT2D eigenvalue weighted by atomic mass is 10.2. The molecule has 1 amide bonds. The van der Waals surface area contributed by atoms with Crippen molar-refractivity contribution in [2.75, 3.05) is 18.0 Å². The van der Waals surface area contributed by atoms with Crippen LogP contribution in [0, 0.1) is 0 Å². The van der Waals surface area contributed by atoms with Crippen LogP contribution in [0.5, 0.6) is 5.75 Å². The van der Waals surface area contributed by atoms with Gasteiger partial charge in [-0.1, -0.05) is 15.9 Å². The van der Waals surface area contributed by atoms with Gasteiger partial charge in [-0.05, 0) is 55.3 Å². The van der Waals surface area contributed by atoms with E-state index in [1.165, 1.54) is 19.1 Å². The van der Waals surface area contributed by atoms with Gasteiger partial charge in [-0.25, -0.2) is 5.43 Å². The number of aromatic hydroxyl groups is 1. The van der Waals surface area contributed by atoms with Crippen molar-refractivity contribution in [2.45, 2.75) is 12.8 Å². The molecule has 0 atom stereocenters. The summed E-state index contributed by atoms with van der Waals surface area (Å²) in [5, 5.41) is 13.6. The highest BCUT2D eigenvalue weighted by atomic mass is 79.9. The Morgan fingerprint density at radius 1 is 1.17 bits per heavy atom. The highest BCUT2D eigenvalue weighted by Crippen LogP contribution is 2.21. The van der Waals surface area contributed by atoms with Crippen LogP contribution in [0.1, 0.15) is 28.8 Å². The third kappa shape index (κ3) is 3.94. The zero-order valence-electron chi connectivity index (χ0n) is 13.1. The van der Waals surface area contributed by atoms with Gasteiger partial charge in [-0.3, -0.25) is 4.79 Å². The van der Waals surface area contributed by atoms with Crippen LogP contribution in [0.3, 0.4) is 0 Å². The van der Waals surface area contributed by atoms with Crippen LogP contribution in [0.15, 0.2) is 52.0 Å². The summed E-state index contributed by atoms with van der Waals surface area (Å²) >= 11 is 3.32. The van der Waals surface area contributed by atoms with Gasteiger partial charge in [0.25, 0.3) is 5.91 Å². The Balaban J connectivity index is 1.62. The van der Waals surface area contributed by atoms with Crippen LogP contribution in [-0.2, 0) is 0 Å². The van der Waals surface area contributed by atoms with Crippen LogP contribution < -0.4 is 10.3 Å². The number of amides is 1. The fraction of sp³-hybridized carbons (Fsp3) is 0.222. The molecule has 0 aromatic heterocycles. The molecule has 0 saturated carbocycles. The highest BCUT2D eigenvalue weighted by Gasteiger charge is 2.12. The maximum absolute atomic E-state index is 12.1. The monoisotopic (exact) mass is 387 g/mol. The molecule has 1 heterocycles. The molecule has 24 heavy (non-hydrogen) atoms. The summed E-state index contributed by atoms with van der Waals surface area (Å²) in [5.41, 5.74) is 4.69. The molecule has 0 bridgehead atoms. The van der Waals surface area contributed by atoms with Gasteiger partial charge in [-0.2, -0.15) is 5.10 Å². The topological polar surface area (TPSA) is 64.9 Å². The summed E-state index contributed by atoms with van der Waals surface area (Å²) < 4.78 is 0.825. The van der Waals surface area contributed by atoms with Crippen LogP contribution in [-0.4, -0.2) is 30.3 Å². The largest absolute Gasteiger partial charge is 0.507 e. The molecule has 2 aromatic carbocycles.